The normalized spacial score (nSPS) is 21.7. The third-order valence-corrected chi connectivity index (χ3v) is 4.91. The molecule has 0 bridgehead atoms. The Kier molecular flexibility index (Phi) is 12.5. The van der Waals surface area contributed by atoms with E-state index in [-0.39, 0.29) is 30.5 Å². The number of nitrogens with zero attached hydrogens (tertiary/aromatic N) is 2. The number of thioether (sulfide) groups is 1. The predicted octanol–water partition coefficient (Wildman–Crippen LogP) is 3.33. The van der Waals surface area contributed by atoms with Gasteiger partial charge in [0.05, 0.1) is 13.1 Å². The molecule has 2 N–H and O–H groups in total. The number of hydrogen-bond acceptors (Lipinski definition) is 3. The van der Waals surface area contributed by atoms with Crippen LogP contribution in [-0.2, 0) is 0 Å². The number of alkyl halides is 3. The second-order valence-electron chi connectivity index (χ2n) is 5.85. The molecule has 144 valence electrons. The van der Waals surface area contributed by atoms with Crippen molar-refractivity contribution in [2.24, 2.45) is 4.99 Å². The Bertz CT molecular complexity index is 369. The number of halogens is 4. The van der Waals surface area contributed by atoms with E-state index < -0.39 is 12.7 Å². The molecule has 0 aromatic rings. The fraction of sp³-hybridized carbons (Fsp3) is 0.933. The fourth-order valence-corrected chi connectivity index (χ4v) is 3.83. The molecular weight excluding hydrogens is 452 g/mol. The Labute approximate surface area is 164 Å². The van der Waals surface area contributed by atoms with Gasteiger partial charge in [-0.05, 0) is 39.0 Å². The van der Waals surface area contributed by atoms with Crippen LogP contribution in [-0.4, -0.2) is 67.3 Å². The van der Waals surface area contributed by atoms with Gasteiger partial charge in [0.15, 0.2) is 5.96 Å². The third kappa shape index (κ3) is 10.9. The summed E-state index contributed by atoms with van der Waals surface area (Å²) in [5.74, 6) is 1.84. The highest BCUT2D eigenvalue weighted by molar-refractivity contribution is 14.0. The van der Waals surface area contributed by atoms with Gasteiger partial charge in [0.1, 0.15) is 0 Å². The molecule has 1 saturated carbocycles. The standard InChI is InChI=1S/C15H29F3N4S.HI/c1-4-19-14(20-8-9-22(3)11-15(16,17)18)21-12-6-7-13(10-12)23-5-2;/h12-13H,4-11H2,1-3H3,(H2,19,20,21);1H. The van der Waals surface area contributed by atoms with Crippen molar-refractivity contribution in [3.63, 3.8) is 0 Å². The zero-order valence-electron chi connectivity index (χ0n) is 14.7. The molecule has 4 nitrogen and oxygen atoms in total. The lowest BCUT2D eigenvalue weighted by Crippen LogP contribution is -2.43. The maximum atomic E-state index is 12.3. The van der Waals surface area contributed by atoms with Crippen LogP contribution < -0.4 is 10.6 Å². The highest BCUT2D eigenvalue weighted by atomic mass is 127. The summed E-state index contributed by atoms with van der Waals surface area (Å²) in [6.07, 6.45) is -0.701. The summed E-state index contributed by atoms with van der Waals surface area (Å²) in [7, 11) is 1.47. The van der Waals surface area contributed by atoms with Gasteiger partial charge in [0, 0.05) is 24.4 Å². The number of likely N-dealkylation sites (N-methyl/N-ethyl adjacent to an activating group) is 1. The van der Waals surface area contributed by atoms with E-state index >= 15 is 0 Å². The van der Waals surface area contributed by atoms with Crippen LogP contribution in [0, 0.1) is 0 Å². The van der Waals surface area contributed by atoms with Gasteiger partial charge in [-0.25, -0.2) is 0 Å². The van der Waals surface area contributed by atoms with Crippen molar-refractivity contribution in [3.8, 4) is 0 Å². The van der Waals surface area contributed by atoms with E-state index in [0.29, 0.717) is 23.8 Å². The second-order valence-corrected chi connectivity index (χ2v) is 7.42. The first-order valence-electron chi connectivity index (χ1n) is 8.25. The first-order chi connectivity index (χ1) is 10.8. The smallest absolute Gasteiger partial charge is 0.357 e. The van der Waals surface area contributed by atoms with E-state index in [1.54, 1.807) is 0 Å². The molecule has 0 heterocycles. The maximum absolute atomic E-state index is 12.3. The molecule has 0 aromatic carbocycles. The van der Waals surface area contributed by atoms with Gasteiger partial charge >= 0.3 is 6.18 Å². The van der Waals surface area contributed by atoms with Gasteiger partial charge in [0.25, 0.3) is 0 Å². The quantitative estimate of drug-likeness (QED) is 0.317. The topological polar surface area (TPSA) is 39.7 Å². The van der Waals surface area contributed by atoms with E-state index in [1.165, 1.54) is 18.4 Å². The number of hydrogen-bond donors (Lipinski definition) is 2. The van der Waals surface area contributed by atoms with E-state index in [4.69, 9.17) is 0 Å². The van der Waals surface area contributed by atoms with Crippen LogP contribution in [0.1, 0.15) is 33.1 Å². The summed E-state index contributed by atoms with van der Waals surface area (Å²) in [5.41, 5.74) is 0. The summed E-state index contributed by atoms with van der Waals surface area (Å²) in [6, 6.07) is 0.407. The van der Waals surface area contributed by atoms with Gasteiger partial charge in [-0.1, -0.05) is 6.92 Å². The molecule has 1 aliphatic rings. The zero-order chi connectivity index (χ0) is 17.3. The second kappa shape index (κ2) is 12.5. The molecule has 0 aliphatic heterocycles. The van der Waals surface area contributed by atoms with E-state index in [1.807, 2.05) is 18.7 Å². The molecule has 0 radical (unpaired) electrons. The Hall–Kier alpha value is 0.1000. The average Bonchev–Trinajstić information content (AvgIpc) is 2.84. The SMILES string of the molecule is CCNC(=NCCN(C)CC(F)(F)F)NC1CCC(SCC)C1.I. The number of guanidine groups is 1. The van der Waals surface area contributed by atoms with Gasteiger partial charge in [-0.3, -0.25) is 9.89 Å². The van der Waals surface area contributed by atoms with E-state index in [9.17, 15) is 13.2 Å². The summed E-state index contributed by atoms with van der Waals surface area (Å²) in [6.45, 7) is 4.64. The Morgan fingerprint density at radius 1 is 1.29 bits per heavy atom. The summed E-state index contributed by atoms with van der Waals surface area (Å²) in [5, 5.41) is 7.29. The Balaban J connectivity index is 0.00000529. The van der Waals surface area contributed by atoms with Crippen LogP contribution in [0.2, 0.25) is 0 Å². The molecule has 0 aromatic heterocycles. The number of rotatable bonds is 8. The van der Waals surface area contributed by atoms with Gasteiger partial charge in [0.2, 0.25) is 0 Å². The van der Waals surface area contributed by atoms with Crippen molar-refractivity contribution in [1.29, 1.82) is 0 Å². The van der Waals surface area contributed by atoms with Gasteiger partial charge < -0.3 is 10.6 Å². The number of nitrogens with one attached hydrogen (secondary N) is 2. The molecule has 0 amide bonds. The molecule has 1 aliphatic carbocycles. The van der Waals surface area contributed by atoms with Crippen LogP contribution in [0.15, 0.2) is 4.99 Å². The highest BCUT2D eigenvalue weighted by Crippen LogP contribution is 2.29. The van der Waals surface area contributed by atoms with Crippen molar-refractivity contribution in [1.82, 2.24) is 15.5 Å². The van der Waals surface area contributed by atoms with Crippen LogP contribution in [0.3, 0.4) is 0 Å². The van der Waals surface area contributed by atoms with Crippen LogP contribution in [0.5, 0.6) is 0 Å². The van der Waals surface area contributed by atoms with Crippen molar-refractivity contribution >= 4 is 41.7 Å². The zero-order valence-corrected chi connectivity index (χ0v) is 17.8. The van der Waals surface area contributed by atoms with E-state index in [0.717, 1.165) is 25.1 Å². The van der Waals surface area contributed by atoms with Crippen molar-refractivity contribution < 1.29 is 13.2 Å². The van der Waals surface area contributed by atoms with Crippen LogP contribution in [0.25, 0.3) is 0 Å². The molecule has 24 heavy (non-hydrogen) atoms. The monoisotopic (exact) mass is 482 g/mol. The molecule has 9 heteroatoms. The summed E-state index contributed by atoms with van der Waals surface area (Å²) < 4.78 is 36.8. The molecule has 1 rings (SSSR count). The lowest BCUT2D eigenvalue weighted by molar-refractivity contribution is -0.142. The fourth-order valence-electron chi connectivity index (χ4n) is 2.69. The maximum Gasteiger partial charge on any atom is 0.401 e. The van der Waals surface area contributed by atoms with Gasteiger partial charge in [-0.15, -0.1) is 24.0 Å². The third-order valence-electron chi connectivity index (χ3n) is 3.67. The molecule has 2 unspecified atom stereocenters. The lowest BCUT2D eigenvalue weighted by atomic mass is 10.2. The molecular formula is C15H30F3IN4S. The van der Waals surface area contributed by atoms with Crippen LogP contribution in [0.4, 0.5) is 13.2 Å². The van der Waals surface area contributed by atoms with Crippen LogP contribution >= 0.6 is 35.7 Å². The first kappa shape index (κ1) is 24.1. The number of aliphatic imine (C=N–C) groups is 1. The molecule has 2 atom stereocenters. The minimum atomic E-state index is -4.16. The predicted molar refractivity (Wildman–Crippen MR) is 108 cm³/mol. The molecule has 0 spiro atoms. The highest BCUT2D eigenvalue weighted by Gasteiger charge is 2.29. The largest absolute Gasteiger partial charge is 0.401 e. The van der Waals surface area contributed by atoms with E-state index in [2.05, 4.69) is 22.5 Å². The summed E-state index contributed by atoms with van der Waals surface area (Å²) in [4.78, 5) is 5.64. The minimum Gasteiger partial charge on any atom is -0.357 e. The molecule has 1 fully saturated rings. The Morgan fingerprint density at radius 3 is 2.58 bits per heavy atom. The van der Waals surface area contributed by atoms with Crippen molar-refractivity contribution in [2.45, 2.75) is 50.6 Å². The van der Waals surface area contributed by atoms with Crippen molar-refractivity contribution in [3.05, 3.63) is 0 Å². The van der Waals surface area contributed by atoms with Gasteiger partial charge in [-0.2, -0.15) is 24.9 Å². The average molecular weight is 482 g/mol. The van der Waals surface area contributed by atoms with Crippen molar-refractivity contribution in [2.75, 3.05) is 39.0 Å². The summed E-state index contributed by atoms with van der Waals surface area (Å²) >= 11 is 2.00. The Morgan fingerprint density at radius 2 is 2.00 bits per heavy atom. The molecule has 0 saturated heterocycles. The first-order valence-corrected chi connectivity index (χ1v) is 9.30. The lowest BCUT2D eigenvalue weighted by Gasteiger charge is -2.19. The minimum absolute atomic E-state index is 0.